The minimum Gasteiger partial charge on any atom is -0.485 e. The summed E-state index contributed by atoms with van der Waals surface area (Å²) in [5, 5.41) is 11.1. The van der Waals surface area contributed by atoms with Crippen LogP contribution in [0.15, 0.2) is 29.4 Å². The molecule has 0 aromatic heterocycles. The van der Waals surface area contributed by atoms with E-state index in [0.29, 0.717) is 0 Å². The molecule has 0 saturated heterocycles. The summed E-state index contributed by atoms with van der Waals surface area (Å²) in [4.78, 5) is 0. The molecule has 0 heterocycles. The fraction of sp³-hybridized carbons (Fsp3) is 0.222. The zero-order valence-corrected chi connectivity index (χ0v) is 7.40. The first-order chi connectivity index (χ1) is 6.24. The number of nitrogens with two attached hydrogens (primary N) is 1. The van der Waals surface area contributed by atoms with Gasteiger partial charge in [-0.05, 0) is 18.6 Å². The fourth-order valence-electron chi connectivity index (χ4n) is 0.899. The van der Waals surface area contributed by atoms with Crippen LogP contribution in [0.1, 0.15) is 5.56 Å². The second kappa shape index (κ2) is 4.35. The molecule has 1 aromatic rings. The van der Waals surface area contributed by atoms with E-state index in [2.05, 4.69) is 5.16 Å². The summed E-state index contributed by atoms with van der Waals surface area (Å²) >= 11 is 0. The molecular weight excluding hydrogens is 168 g/mol. The minimum atomic E-state index is 0.0586. The Hall–Kier alpha value is -1.71. The third kappa shape index (κ3) is 2.66. The summed E-state index contributed by atoms with van der Waals surface area (Å²) in [5.41, 5.74) is 6.27. The van der Waals surface area contributed by atoms with Crippen LogP contribution < -0.4 is 10.5 Å². The van der Waals surface area contributed by atoms with Gasteiger partial charge in [0.25, 0.3) is 0 Å². The summed E-state index contributed by atoms with van der Waals surface area (Å²) in [7, 11) is 0. The molecule has 1 aromatic carbocycles. The quantitative estimate of drug-likeness (QED) is 0.317. The number of oxime groups is 1. The van der Waals surface area contributed by atoms with Gasteiger partial charge in [-0.1, -0.05) is 23.4 Å². The van der Waals surface area contributed by atoms with Crippen LogP contribution in [0.5, 0.6) is 5.75 Å². The van der Waals surface area contributed by atoms with Crippen molar-refractivity contribution in [3.63, 3.8) is 0 Å². The molecule has 0 unspecified atom stereocenters. The van der Waals surface area contributed by atoms with Crippen molar-refractivity contribution in [3.05, 3.63) is 29.8 Å². The Morgan fingerprint density at radius 2 is 2.23 bits per heavy atom. The molecule has 0 aliphatic carbocycles. The van der Waals surface area contributed by atoms with E-state index in [1.807, 2.05) is 31.2 Å². The topological polar surface area (TPSA) is 67.8 Å². The smallest absolute Gasteiger partial charge is 0.177 e. The molecule has 0 radical (unpaired) electrons. The average molecular weight is 180 g/mol. The molecule has 0 saturated carbocycles. The highest BCUT2D eigenvalue weighted by atomic mass is 16.5. The molecule has 1 rings (SSSR count). The first kappa shape index (κ1) is 9.38. The highest BCUT2D eigenvalue weighted by Gasteiger charge is 1.98. The second-order valence-corrected chi connectivity index (χ2v) is 2.65. The Kier molecular flexibility index (Phi) is 3.14. The average Bonchev–Trinajstić information content (AvgIpc) is 2.16. The van der Waals surface area contributed by atoms with Crippen molar-refractivity contribution in [1.29, 1.82) is 0 Å². The van der Waals surface area contributed by atoms with Gasteiger partial charge < -0.3 is 15.7 Å². The standard InChI is InChI=1S/C9H12N2O2/c1-7-4-2-3-5-8(7)13-6-9(10)11-12/h2-5,12H,6H2,1H3,(H2,10,11). The summed E-state index contributed by atoms with van der Waals surface area (Å²) in [6, 6.07) is 7.56. The minimum absolute atomic E-state index is 0.0586. The van der Waals surface area contributed by atoms with E-state index in [1.165, 1.54) is 0 Å². The molecule has 0 aliphatic rings. The lowest BCUT2D eigenvalue weighted by Crippen LogP contribution is -2.21. The third-order valence-corrected chi connectivity index (χ3v) is 1.60. The van der Waals surface area contributed by atoms with Gasteiger partial charge in [0.05, 0.1) is 0 Å². The number of rotatable bonds is 3. The maximum atomic E-state index is 8.27. The van der Waals surface area contributed by atoms with Gasteiger partial charge in [-0.25, -0.2) is 0 Å². The van der Waals surface area contributed by atoms with Gasteiger partial charge in [-0.2, -0.15) is 0 Å². The van der Waals surface area contributed by atoms with Crippen LogP contribution in [0.25, 0.3) is 0 Å². The van der Waals surface area contributed by atoms with Crippen molar-refractivity contribution < 1.29 is 9.94 Å². The molecule has 70 valence electrons. The predicted octanol–water partition coefficient (Wildman–Crippen LogP) is 1.12. The Balaban J connectivity index is 2.60. The Morgan fingerprint density at radius 3 is 2.85 bits per heavy atom. The first-order valence-corrected chi connectivity index (χ1v) is 3.89. The summed E-state index contributed by atoms with van der Waals surface area (Å²) in [5.74, 6) is 0.803. The van der Waals surface area contributed by atoms with Crippen LogP contribution in [-0.4, -0.2) is 17.6 Å². The van der Waals surface area contributed by atoms with Gasteiger partial charge in [0.15, 0.2) is 5.84 Å². The molecule has 0 atom stereocenters. The second-order valence-electron chi connectivity index (χ2n) is 2.65. The van der Waals surface area contributed by atoms with E-state index in [-0.39, 0.29) is 12.4 Å². The molecule has 4 heteroatoms. The molecule has 3 N–H and O–H groups in total. The van der Waals surface area contributed by atoms with Crippen molar-refractivity contribution in [1.82, 2.24) is 0 Å². The van der Waals surface area contributed by atoms with Gasteiger partial charge in [0.2, 0.25) is 0 Å². The fourth-order valence-corrected chi connectivity index (χ4v) is 0.899. The highest BCUT2D eigenvalue weighted by Crippen LogP contribution is 2.15. The first-order valence-electron chi connectivity index (χ1n) is 3.89. The SMILES string of the molecule is Cc1ccccc1OC/C(N)=N/O. The zero-order valence-electron chi connectivity index (χ0n) is 7.40. The van der Waals surface area contributed by atoms with E-state index in [0.717, 1.165) is 11.3 Å². The number of benzene rings is 1. The number of ether oxygens (including phenoxy) is 1. The number of aryl methyl sites for hydroxylation is 1. The number of hydrogen-bond donors (Lipinski definition) is 2. The summed E-state index contributed by atoms with van der Waals surface area (Å²) < 4.78 is 5.27. The van der Waals surface area contributed by atoms with Crippen molar-refractivity contribution in [2.45, 2.75) is 6.92 Å². The Morgan fingerprint density at radius 1 is 1.54 bits per heavy atom. The van der Waals surface area contributed by atoms with Gasteiger partial charge >= 0.3 is 0 Å². The van der Waals surface area contributed by atoms with Crippen LogP contribution >= 0.6 is 0 Å². The van der Waals surface area contributed by atoms with Gasteiger partial charge in [-0.3, -0.25) is 0 Å². The number of para-hydroxylation sites is 1. The molecule has 0 fully saturated rings. The van der Waals surface area contributed by atoms with Crippen LogP contribution in [0.2, 0.25) is 0 Å². The van der Waals surface area contributed by atoms with Crippen molar-refractivity contribution >= 4 is 5.84 Å². The largest absolute Gasteiger partial charge is 0.485 e. The van der Waals surface area contributed by atoms with Gasteiger partial charge in [-0.15, -0.1) is 0 Å². The lowest BCUT2D eigenvalue weighted by atomic mass is 10.2. The Labute approximate surface area is 76.6 Å². The van der Waals surface area contributed by atoms with Crippen LogP contribution in [0, 0.1) is 6.92 Å². The van der Waals surface area contributed by atoms with Crippen molar-refractivity contribution in [2.24, 2.45) is 10.9 Å². The molecule has 0 aliphatic heterocycles. The van der Waals surface area contributed by atoms with Crippen molar-refractivity contribution in [3.8, 4) is 5.75 Å². The lowest BCUT2D eigenvalue weighted by molar-refractivity contribution is 0.306. The monoisotopic (exact) mass is 180 g/mol. The number of hydrogen-bond acceptors (Lipinski definition) is 3. The van der Waals surface area contributed by atoms with Gasteiger partial charge in [0.1, 0.15) is 12.4 Å². The Bertz CT molecular complexity index is 310. The molecule has 13 heavy (non-hydrogen) atoms. The van der Waals surface area contributed by atoms with Crippen LogP contribution in [0.4, 0.5) is 0 Å². The molecule has 4 nitrogen and oxygen atoms in total. The van der Waals surface area contributed by atoms with Crippen molar-refractivity contribution in [2.75, 3.05) is 6.61 Å². The molecule has 0 spiro atoms. The molecule has 0 amide bonds. The number of amidine groups is 1. The maximum absolute atomic E-state index is 8.27. The summed E-state index contributed by atoms with van der Waals surface area (Å²) in [6.07, 6.45) is 0. The predicted molar refractivity (Wildman–Crippen MR) is 50.1 cm³/mol. The highest BCUT2D eigenvalue weighted by molar-refractivity contribution is 5.81. The third-order valence-electron chi connectivity index (χ3n) is 1.60. The van der Waals surface area contributed by atoms with Gasteiger partial charge in [0, 0.05) is 0 Å². The molecular formula is C9H12N2O2. The van der Waals surface area contributed by atoms with E-state index < -0.39 is 0 Å². The lowest BCUT2D eigenvalue weighted by Gasteiger charge is -2.06. The van der Waals surface area contributed by atoms with E-state index in [9.17, 15) is 0 Å². The molecule has 0 bridgehead atoms. The van der Waals surface area contributed by atoms with Crippen LogP contribution in [-0.2, 0) is 0 Å². The maximum Gasteiger partial charge on any atom is 0.177 e. The van der Waals surface area contributed by atoms with Crippen LogP contribution in [0.3, 0.4) is 0 Å². The zero-order chi connectivity index (χ0) is 9.68. The van der Waals surface area contributed by atoms with E-state index in [1.54, 1.807) is 0 Å². The van der Waals surface area contributed by atoms with E-state index >= 15 is 0 Å². The summed E-state index contributed by atoms with van der Waals surface area (Å²) in [6.45, 7) is 2.03. The van der Waals surface area contributed by atoms with E-state index in [4.69, 9.17) is 15.7 Å². The normalized spacial score (nSPS) is 11.3. The number of nitrogens with zero attached hydrogens (tertiary/aromatic N) is 1.